The Hall–Kier alpha value is -1.06. The standard InChI is InChI=1S/C15H20ClNO2/c1-15(2,14(18)19-3)17-11-8-10(9-11)12-6-4-5-7-13(12)16/h4-7,10-11,17H,8-9H2,1-3H3. The van der Waals surface area contributed by atoms with Crippen molar-refractivity contribution in [1.82, 2.24) is 5.32 Å². The number of ether oxygens (including phenoxy) is 1. The van der Waals surface area contributed by atoms with Crippen LogP contribution < -0.4 is 5.32 Å². The minimum atomic E-state index is -0.634. The van der Waals surface area contributed by atoms with Crippen molar-refractivity contribution in [2.75, 3.05) is 7.11 Å². The molecule has 104 valence electrons. The van der Waals surface area contributed by atoms with Crippen molar-refractivity contribution >= 4 is 17.6 Å². The number of nitrogens with one attached hydrogen (secondary N) is 1. The fourth-order valence-electron chi connectivity index (χ4n) is 2.62. The molecule has 0 aromatic heterocycles. The van der Waals surface area contributed by atoms with Gasteiger partial charge in [0.15, 0.2) is 0 Å². The molecule has 1 aromatic carbocycles. The minimum Gasteiger partial charge on any atom is -0.468 e. The van der Waals surface area contributed by atoms with Gasteiger partial charge in [0.1, 0.15) is 5.54 Å². The Balaban J connectivity index is 1.91. The Kier molecular flexibility index (Phi) is 4.16. The molecule has 19 heavy (non-hydrogen) atoms. The van der Waals surface area contributed by atoms with Gasteiger partial charge in [0.05, 0.1) is 7.11 Å². The summed E-state index contributed by atoms with van der Waals surface area (Å²) in [6.07, 6.45) is 2.01. The summed E-state index contributed by atoms with van der Waals surface area (Å²) in [6, 6.07) is 8.31. The maximum absolute atomic E-state index is 11.6. The zero-order chi connectivity index (χ0) is 14.0. The number of hydrogen-bond donors (Lipinski definition) is 1. The second-order valence-corrected chi connectivity index (χ2v) is 6.05. The average Bonchev–Trinajstić information content (AvgIpc) is 2.33. The first kappa shape index (κ1) is 14.4. The number of carbonyl (C=O) groups is 1. The van der Waals surface area contributed by atoms with E-state index < -0.39 is 5.54 Å². The van der Waals surface area contributed by atoms with Gasteiger partial charge in [-0.2, -0.15) is 0 Å². The van der Waals surface area contributed by atoms with Crippen molar-refractivity contribution in [3.63, 3.8) is 0 Å². The van der Waals surface area contributed by atoms with Crippen LogP contribution in [-0.4, -0.2) is 24.7 Å². The van der Waals surface area contributed by atoms with Crippen LogP contribution in [0.2, 0.25) is 5.02 Å². The SMILES string of the molecule is COC(=O)C(C)(C)NC1CC(c2ccccc2Cl)C1. The quantitative estimate of drug-likeness (QED) is 0.862. The molecule has 0 aliphatic heterocycles. The van der Waals surface area contributed by atoms with Crippen molar-refractivity contribution < 1.29 is 9.53 Å². The van der Waals surface area contributed by atoms with E-state index in [9.17, 15) is 4.79 Å². The second-order valence-electron chi connectivity index (χ2n) is 5.65. The number of esters is 1. The van der Waals surface area contributed by atoms with Gasteiger partial charge in [-0.15, -0.1) is 0 Å². The fourth-order valence-corrected chi connectivity index (χ4v) is 2.91. The van der Waals surface area contributed by atoms with E-state index in [-0.39, 0.29) is 5.97 Å². The molecule has 1 saturated carbocycles. The van der Waals surface area contributed by atoms with E-state index in [1.54, 1.807) is 0 Å². The van der Waals surface area contributed by atoms with E-state index in [1.807, 2.05) is 32.0 Å². The Morgan fingerprint density at radius 1 is 1.37 bits per heavy atom. The van der Waals surface area contributed by atoms with E-state index >= 15 is 0 Å². The lowest BCUT2D eigenvalue weighted by Crippen LogP contribution is -2.55. The number of hydrogen-bond acceptors (Lipinski definition) is 3. The first-order valence-electron chi connectivity index (χ1n) is 6.54. The van der Waals surface area contributed by atoms with Crippen LogP contribution >= 0.6 is 11.6 Å². The van der Waals surface area contributed by atoms with Crippen LogP contribution in [0.25, 0.3) is 0 Å². The molecule has 2 rings (SSSR count). The Morgan fingerprint density at radius 2 is 2.00 bits per heavy atom. The van der Waals surface area contributed by atoms with Crippen LogP contribution in [0.15, 0.2) is 24.3 Å². The predicted molar refractivity (Wildman–Crippen MR) is 76.4 cm³/mol. The first-order valence-corrected chi connectivity index (χ1v) is 6.92. The topological polar surface area (TPSA) is 38.3 Å². The van der Waals surface area contributed by atoms with E-state index in [1.165, 1.54) is 12.7 Å². The Bertz CT molecular complexity index is 467. The number of benzene rings is 1. The number of halogens is 1. The lowest BCUT2D eigenvalue weighted by atomic mass is 9.75. The van der Waals surface area contributed by atoms with Crippen LogP contribution in [0.3, 0.4) is 0 Å². The van der Waals surface area contributed by atoms with Gasteiger partial charge in [-0.05, 0) is 44.2 Å². The molecule has 3 nitrogen and oxygen atoms in total. The molecule has 0 atom stereocenters. The zero-order valence-electron chi connectivity index (χ0n) is 11.6. The molecule has 0 amide bonds. The molecule has 0 spiro atoms. The predicted octanol–water partition coefficient (Wildman–Crippen LogP) is 3.13. The molecule has 1 N–H and O–H groups in total. The van der Waals surface area contributed by atoms with Crippen molar-refractivity contribution in [1.29, 1.82) is 0 Å². The van der Waals surface area contributed by atoms with Crippen LogP contribution in [0.5, 0.6) is 0 Å². The maximum atomic E-state index is 11.6. The fraction of sp³-hybridized carbons (Fsp3) is 0.533. The molecule has 1 aliphatic carbocycles. The number of methoxy groups -OCH3 is 1. The van der Waals surface area contributed by atoms with Gasteiger partial charge in [0.25, 0.3) is 0 Å². The highest BCUT2D eigenvalue weighted by atomic mass is 35.5. The highest BCUT2D eigenvalue weighted by molar-refractivity contribution is 6.31. The summed E-state index contributed by atoms with van der Waals surface area (Å²) in [7, 11) is 1.42. The van der Waals surface area contributed by atoms with E-state index in [4.69, 9.17) is 16.3 Å². The molecular formula is C15H20ClNO2. The van der Waals surface area contributed by atoms with Crippen LogP contribution in [0, 0.1) is 0 Å². The van der Waals surface area contributed by atoms with E-state index in [0.717, 1.165) is 17.9 Å². The molecule has 0 unspecified atom stereocenters. The molecule has 0 radical (unpaired) electrons. The third-order valence-electron chi connectivity index (χ3n) is 3.74. The van der Waals surface area contributed by atoms with Gasteiger partial charge in [0.2, 0.25) is 0 Å². The summed E-state index contributed by atoms with van der Waals surface area (Å²) in [6.45, 7) is 3.70. The largest absolute Gasteiger partial charge is 0.468 e. The highest BCUT2D eigenvalue weighted by Crippen LogP contribution is 2.40. The summed E-state index contributed by atoms with van der Waals surface area (Å²) >= 11 is 6.19. The summed E-state index contributed by atoms with van der Waals surface area (Å²) in [4.78, 5) is 11.6. The molecular weight excluding hydrogens is 262 g/mol. The monoisotopic (exact) mass is 281 g/mol. The summed E-state index contributed by atoms with van der Waals surface area (Å²) < 4.78 is 4.79. The van der Waals surface area contributed by atoms with Gasteiger partial charge in [-0.1, -0.05) is 29.8 Å². The van der Waals surface area contributed by atoms with E-state index in [2.05, 4.69) is 11.4 Å². The van der Waals surface area contributed by atoms with Crippen molar-refractivity contribution in [3.8, 4) is 0 Å². The van der Waals surface area contributed by atoms with E-state index in [0.29, 0.717) is 12.0 Å². The van der Waals surface area contributed by atoms with Gasteiger partial charge in [0, 0.05) is 11.1 Å². The number of carbonyl (C=O) groups excluding carboxylic acids is 1. The van der Waals surface area contributed by atoms with Gasteiger partial charge in [-0.25, -0.2) is 0 Å². The van der Waals surface area contributed by atoms with Crippen LogP contribution in [0.1, 0.15) is 38.2 Å². The van der Waals surface area contributed by atoms with Crippen LogP contribution in [0.4, 0.5) is 0 Å². The maximum Gasteiger partial charge on any atom is 0.325 e. The molecule has 0 heterocycles. The van der Waals surface area contributed by atoms with Crippen molar-refractivity contribution in [2.24, 2.45) is 0 Å². The Morgan fingerprint density at radius 3 is 2.58 bits per heavy atom. The number of rotatable bonds is 4. The third kappa shape index (κ3) is 3.10. The molecule has 0 saturated heterocycles. The van der Waals surface area contributed by atoms with Crippen LogP contribution in [-0.2, 0) is 9.53 Å². The first-order chi connectivity index (χ1) is 8.94. The molecule has 0 bridgehead atoms. The van der Waals surface area contributed by atoms with Crippen molar-refractivity contribution in [3.05, 3.63) is 34.9 Å². The molecule has 4 heteroatoms. The van der Waals surface area contributed by atoms with Gasteiger partial charge < -0.3 is 4.74 Å². The molecule has 1 fully saturated rings. The zero-order valence-corrected chi connectivity index (χ0v) is 12.3. The second kappa shape index (κ2) is 5.51. The summed E-state index contributed by atoms with van der Waals surface area (Å²) in [5.41, 5.74) is 0.573. The average molecular weight is 282 g/mol. The highest BCUT2D eigenvalue weighted by Gasteiger charge is 2.38. The summed E-state index contributed by atoms with van der Waals surface area (Å²) in [5, 5.41) is 4.18. The lowest BCUT2D eigenvalue weighted by Gasteiger charge is -2.40. The Labute approximate surface area is 119 Å². The van der Waals surface area contributed by atoms with Gasteiger partial charge >= 0.3 is 5.97 Å². The van der Waals surface area contributed by atoms with Crippen molar-refractivity contribution in [2.45, 2.75) is 44.2 Å². The summed E-state index contributed by atoms with van der Waals surface area (Å²) in [5.74, 6) is 0.258. The normalized spacial score (nSPS) is 22.7. The van der Waals surface area contributed by atoms with Gasteiger partial charge in [-0.3, -0.25) is 10.1 Å². The molecule has 1 aromatic rings. The smallest absolute Gasteiger partial charge is 0.325 e. The molecule has 1 aliphatic rings. The minimum absolute atomic E-state index is 0.228. The lowest BCUT2D eigenvalue weighted by molar-refractivity contribution is -0.147. The third-order valence-corrected chi connectivity index (χ3v) is 4.09.